The van der Waals surface area contributed by atoms with Crippen LogP contribution in [0.15, 0.2) is 4.63 Å². The van der Waals surface area contributed by atoms with Crippen molar-refractivity contribution in [3.05, 3.63) is 5.69 Å². The number of hydrogen-bond acceptors (Lipinski definition) is 6. The molecule has 0 aliphatic rings. The molecule has 1 rings (SSSR count). The number of nitrogens with two attached hydrogens (primary N) is 1. The molecule has 0 bridgehead atoms. The van der Waals surface area contributed by atoms with Crippen LogP contribution in [0, 0.1) is 0 Å². The van der Waals surface area contributed by atoms with Gasteiger partial charge in [-0.2, -0.15) is 0 Å². The van der Waals surface area contributed by atoms with E-state index in [0.717, 1.165) is 4.90 Å². The van der Waals surface area contributed by atoms with Gasteiger partial charge in [0.05, 0.1) is 0 Å². The minimum atomic E-state index is -1.13. The van der Waals surface area contributed by atoms with Crippen molar-refractivity contribution in [1.29, 1.82) is 0 Å². The summed E-state index contributed by atoms with van der Waals surface area (Å²) < 4.78 is 4.20. The molecule has 0 aliphatic heterocycles. The molecule has 0 unspecified atom stereocenters. The smallest absolute Gasteiger partial charge is 0.323 e. The Morgan fingerprint density at radius 3 is 2.64 bits per heavy atom. The molecule has 0 aliphatic carbocycles. The highest BCUT2D eigenvalue weighted by Crippen LogP contribution is 2.06. The summed E-state index contributed by atoms with van der Waals surface area (Å²) >= 11 is 0. The van der Waals surface area contributed by atoms with Crippen molar-refractivity contribution >= 4 is 17.7 Å². The molecule has 1 heterocycles. The van der Waals surface area contributed by atoms with Crippen LogP contribution in [0.1, 0.15) is 10.5 Å². The van der Waals surface area contributed by atoms with Crippen LogP contribution < -0.4 is 5.73 Å². The Morgan fingerprint density at radius 1 is 1.57 bits per heavy atom. The summed E-state index contributed by atoms with van der Waals surface area (Å²) in [5.74, 6) is -1.94. The normalized spacial score (nSPS) is 9.79. The molecule has 1 amide bonds. The van der Waals surface area contributed by atoms with Crippen LogP contribution in [0.3, 0.4) is 0 Å². The van der Waals surface area contributed by atoms with E-state index >= 15 is 0 Å². The lowest BCUT2D eigenvalue weighted by molar-refractivity contribution is -0.137. The van der Waals surface area contributed by atoms with Gasteiger partial charge in [0.15, 0.2) is 0 Å². The number of carboxylic acid groups (broad SMARTS) is 1. The zero-order valence-electron chi connectivity index (χ0n) is 7.30. The largest absolute Gasteiger partial charge is 0.480 e. The van der Waals surface area contributed by atoms with Gasteiger partial charge < -0.3 is 15.7 Å². The van der Waals surface area contributed by atoms with Crippen molar-refractivity contribution in [3.63, 3.8) is 0 Å². The number of carbonyl (C=O) groups excluding carboxylic acids is 1. The van der Waals surface area contributed by atoms with Gasteiger partial charge >= 0.3 is 5.97 Å². The number of carboxylic acids is 1. The summed E-state index contributed by atoms with van der Waals surface area (Å²) in [5.41, 5.74) is 5.06. The van der Waals surface area contributed by atoms with Gasteiger partial charge in [0.2, 0.25) is 11.5 Å². The number of likely N-dealkylation sites (N-methyl/N-ethyl adjacent to an activating group) is 1. The van der Waals surface area contributed by atoms with Crippen molar-refractivity contribution in [3.8, 4) is 0 Å². The number of nitrogen functional groups attached to an aromatic ring is 1. The fourth-order valence-electron chi connectivity index (χ4n) is 0.799. The third-order valence-electron chi connectivity index (χ3n) is 1.44. The minimum Gasteiger partial charge on any atom is -0.480 e. The number of hydrogen-bond donors (Lipinski definition) is 2. The Hall–Kier alpha value is -2.12. The quantitative estimate of drug-likeness (QED) is 0.628. The van der Waals surface area contributed by atoms with E-state index in [1.165, 1.54) is 7.05 Å². The van der Waals surface area contributed by atoms with Crippen molar-refractivity contribution in [1.82, 2.24) is 15.2 Å². The molecular weight excluding hydrogens is 192 g/mol. The summed E-state index contributed by atoms with van der Waals surface area (Å²) in [7, 11) is 1.31. The lowest BCUT2D eigenvalue weighted by atomic mass is 10.3. The summed E-state index contributed by atoms with van der Waals surface area (Å²) in [4.78, 5) is 22.6. The van der Waals surface area contributed by atoms with Crippen molar-refractivity contribution in [2.75, 3.05) is 19.3 Å². The molecule has 1 aromatic heterocycles. The zero-order valence-corrected chi connectivity index (χ0v) is 7.30. The Balaban J connectivity index is 2.76. The second-order valence-corrected chi connectivity index (χ2v) is 2.55. The Labute approximate surface area is 78.2 Å². The van der Waals surface area contributed by atoms with Gasteiger partial charge in [-0.3, -0.25) is 9.59 Å². The lowest BCUT2D eigenvalue weighted by Gasteiger charge is -2.11. The number of amides is 1. The topological polar surface area (TPSA) is 123 Å². The first-order chi connectivity index (χ1) is 6.52. The second kappa shape index (κ2) is 3.73. The maximum Gasteiger partial charge on any atom is 0.323 e. The number of aromatic nitrogens is 2. The number of aliphatic carboxylic acids is 1. The van der Waals surface area contributed by atoms with Gasteiger partial charge in [-0.25, -0.2) is 4.63 Å². The second-order valence-electron chi connectivity index (χ2n) is 2.55. The summed E-state index contributed by atoms with van der Waals surface area (Å²) in [6.07, 6.45) is 0. The molecule has 1 aromatic rings. The highest BCUT2D eigenvalue weighted by Gasteiger charge is 2.21. The number of anilines is 1. The third kappa shape index (κ3) is 1.97. The summed E-state index contributed by atoms with van der Waals surface area (Å²) in [6, 6.07) is 0. The van der Waals surface area contributed by atoms with E-state index in [2.05, 4.69) is 14.9 Å². The van der Waals surface area contributed by atoms with Gasteiger partial charge in [-0.05, 0) is 10.3 Å². The molecule has 0 spiro atoms. The Morgan fingerprint density at radius 2 is 2.21 bits per heavy atom. The fourth-order valence-corrected chi connectivity index (χ4v) is 0.799. The average molecular weight is 200 g/mol. The molecule has 0 aromatic carbocycles. The van der Waals surface area contributed by atoms with Gasteiger partial charge in [0.1, 0.15) is 6.54 Å². The van der Waals surface area contributed by atoms with Gasteiger partial charge in [0.25, 0.3) is 5.91 Å². The van der Waals surface area contributed by atoms with Crippen LogP contribution in [0.5, 0.6) is 0 Å². The number of rotatable bonds is 3. The number of carbonyl (C=O) groups is 2. The fraction of sp³-hybridized carbons (Fsp3) is 0.333. The van der Waals surface area contributed by atoms with E-state index < -0.39 is 18.4 Å². The van der Waals surface area contributed by atoms with E-state index in [4.69, 9.17) is 10.8 Å². The molecular formula is C6H8N4O4. The molecule has 76 valence electrons. The molecule has 3 N–H and O–H groups in total. The van der Waals surface area contributed by atoms with Gasteiger partial charge in [-0.15, -0.1) is 0 Å². The van der Waals surface area contributed by atoms with Crippen LogP contribution >= 0.6 is 0 Å². The van der Waals surface area contributed by atoms with Crippen LogP contribution in [0.25, 0.3) is 0 Å². The van der Waals surface area contributed by atoms with E-state index in [-0.39, 0.29) is 11.5 Å². The molecule has 0 atom stereocenters. The lowest BCUT2D eigenvalue weighted by Crippen LogP contribution is -2.32. The monoisotopic (exact) mass is 200 g/mol. The van der Waals surface area contributed by atoms with Crippen molar-refractivity contribution in [2.24, 2.45) is 0 Å². The minimum absolute atomic E-state index is 0.160. The summed E-state index contributed by atoms with van der Waals surface area (Å²) in [6.45, 7) is -0.439. The van der Waals surface area contributed by atoms with Gasteiger partial charge in [0, 0.05) is 7.05 Å². The standard InChI is InChI=1S/C6H8N4O4/c1-10(2-3(11)12)6(13)4-5(7)9-14-8-4/h2H2,1H3,(H2,7,9)(H,11,12). The molecule has 0 radical (unpaired) electrons. The molecule has 8 nitrogen and oxygen atoms in total. The zero-order chi connectivity index (χ0) is 10.7. The molecule has 8 heteroatoms. The van der Waals surface area contributed by atoms with Crippen LogP contribution in [0.4, 0.5) is 5.82 Å². The predicted octanol–water partition coefficient (Wildman–Crippen LogP) is -1.19. The Kier molecular flexibility index (Phi) is 2.65. The van der Waals surface area contributed by atoms with E-state index in [9.17, 15) is 9.59 Å². The van der Waals surface area contributed by atoms with Crippen molar-refractivity contribution < 1.29 is 19.3 Å². The third-order valence-corrected chi connectivity index (χ3v) is 1.44. The summed E-state index contributed by atoms with van der Waals surface area (Å²) in [5, 5.41) is 14.9. The van der Waals surface area contributed by atoms with E-state index in [1.807, 2.05) is 0 Å². The maximum atomic E-state index is 11.4. The van der Waals surface area contributed by atoms with Crippen LogP contribution in [-0.2, 0) is 4.79 Å². The molecule has 14 heavy (non-hydrogen) atoms. The Bertz CT molecular complexity index is 360. The first kappa shape index (κ1) is 9.96. The average Bonchev–Trinajstić information content (AvgIpc) is 2.48. The van der Waals surface area contributed by atoms with E-state index in [1.54, 1.807) is 0 Å². The predicted molar refractivity (Wildman–Crippen MR) is 43.3 cm³/mol. The first-order valence-electron chi connectivity index (χ1n) is 3.57. The highest BCUT2D eigenvalue weighted by molar-refractivity contribution is 5.97. The first-order valence-corrected chi connectivity index (χ1v) is 3.57. The molecule has 0 saturated carbocycles. The maximum absolute atomic E-state index is 11.4. The number of nitrogens with zero attached hydrogens (tertiary/aromatic N) is 3. The van der Waals surface area contributed by atoms with Crippen LogP contribution in [-0.4, -0.2) is 45.8 Å². The molecule has 0 saturated heterocycles. The molecule has 0 fully saturated rings. The van der Waals surface area contributed by atoms with Crippen LogP contribution in [0.2, 0.25) is 0 Å². The SMILES string of the molecule is CN(CC(=O)O)C(=O)c1nonc1N. The highest BCUT2D eigenvalue weighted by atomic mass is 16.6. The van der Waals surface area contributed by atoms with Gasteiger partial charge in [-0.1, -0.05) is 0 Å². The van der Waals surface area contributed by atoms with Crippen molar-refractivity contribution in [2.45, 2.75) is 0 Å². The van der Waals surface area contributed by atoms with E-state index in [0.29, 0.717) is 0 Å².